The Balaban J connectivity index is 2.90. The number of likely N-dealkylation sites (tertiary alicyclic amines) is 1. The molecule has 0 bridgehead atoms. The highest BCUT2D eigenvalue weighted by molar-refractivity contribution is 5.85. The Kier molecular flexibility index (Phi) is 5.65. The number of rotatable bonds is 5. The first-order chi connectivity index (χ1) is 8.61. The summed E-state index contributed by atoms with van der Waals surface area (Å²) in [7, 11) is 0. The highest BCUT2D eigenvalue weighted by atomic mass is 16.2. The van der Waals surface area contributed by atoms with Gasteiger partial charge in [-0.1, -0.05) is 26.7 Å². The molecule has 0 aliphatic carbocycles. The maximum Gasteiger partial charge on any atom is 0.243 e. The van der Waals surface area contributed by atoms with Crippen molar-refractivity contribution >= 4 is 5.91 Å². The van der Waals surface area contributed by atoms with E-state index in [1.807, 2.05) is 4.90 Å². The summed E-state index contributed by atoms with van der Waals surface area (Å²) in [6.45, 7) is 7.04. The predicted octanol–water partition coefficient (Wildman–Crippen LogP) is 3.50. The molecule has 0 aromatic carbocycles. The van der Waals surface area contributed by atoms with Crippen LogP contribution in [0.4, 0.5) is 0 Å². The second kappa shape index (κ2) is 6.78. The summed E-state index contributed by atoms with van der Waals surface area (Å²) in [5, 5.41) is 9.53. The van der Waals surface area contributed by atoms with Crippen LogP contribution in [0, 0.1) is 16.7 Å². The first-order valence-electron chi connectivity index (χ1n) is 7.33. The lowest BCUT2D eigenvalue weighted by molar-refractivity contribution is -0.143. The van der Waals surface area contributed by atoms with Crippen molar-refractivity contribution in [2.24, 2.45) is 5.41 Å². The molecular formula is C15H26N2O. The lowest BCUT2D eigenvalue weighted by Crippen LogP contribution is -2.49. The molecule has 0 saturated carbocycles. The van der Waals surface area contributed by atoms with Crippen LogP contribution >= 0.6 is 0 Å². The molecule has 3 nitrogen and oxygen atoms in total. The lowest BCUT2D eigenvalue weighted by atomic mass is 9.78. The fourth-order valence-electron chi connectivity index (χ4n) is 3.03. The molecule has 0 aromatic rings. The molecule has 1 aliphatic heterocycles. The van der Waals surface area contributed by atoms with Crippen LogP contribution in [-0.2, 0) is 4.79 Å². The first-order valence-corrected chi connectivity index (χ1v) is 7.33. The second-order valence-corrected chi connectivity index (χ2v) is 5.54. The van der Waals surface area contributed by atoms with Crippen LogP contribution in [0.1, 0.15) is 65.7 Å². The van der Waals surface area contributed by atoms with E-state index in [1.54, 1.807) is 0 Å². The second-order valence-electron chi connectivity index (χ2n) is 5.54. The molecule has 1 amide bonds. The zero-order valence-corrected chi connectivity index (χ0v) is 12.0. The van der Waals surface area contributed by atoms with Crippen LogP contribution in [0.3, 0.4) is 0 Å². The molecule has 0 N–H and O–H groups in total. The van der Waals surface area contributed by atoms with E-state index < -0.39 is 5.41 Å². The van der Waals surface area contributed by atoms with Crippen LogP contribution in [0.15, 0.2) is 0 Å². The highest BCUT2D eigenvalue weighted by Gasteiger charge is 2.41. The number of nitriles is 1. The molecule has 1 rings (SSSR count). The van der Waals surface area contributed by atoms with Gasteiger partial charge in [-0.3, -0.25) is 4.79 Å². The van der Waals surface area contributed by atoms with Gasteiger partial charge in [0.2, 0.25) is 5.91 Å². The Morgan fingerprint density at radius 2 is 1.94 bits per heavy atom. The third-order valence-corrected chi connectivity index (χ3v) is 4.04. The molecule has 0 aromatic heterocycles. The number of nitrogens with zero attached hydrogens (tertiary/aromatic N) is 2. The van der Waals surface area contributed by atoms with E-state index >= 15 is 0 Å². The maximum atomic E-state index is 12.7. The van der Waals surface area contributed by atoms with Crippen LogP contribution in [-0.4, -0.2) is 23.4 Å². The van der Waals surface area contributed by atoms with Gasteiger partial charge in [0.05, 0.1) is 6.07 Å². The molecule has 0 radical (unpaired) electrons. The van der Waals surface area contributed by atoms with E-state index in [2.05, 4.69) is 26.8 Å². The average Bonchev–Trinajstić information content (AvgIpc) is 2.38. The van der Waals surface area contributed by atoms with Gasteiger partial charge in [0.1, 0.15) is 5.41 Å². The van der Waals surface area contributed by atoms with E-state index in [-0.39, 0.29) is 5.91 Å². The summed E-state index contributed by atoms with van der Waals surface area (Å²) in [6.07, 6.45) is 6.52. The molecule has 1 fully saturated rings. The van der Waals surface area contributed by atoms with E-state index in [9.17, 15) is 10.1 Å². The van der Waals surface area contributed by atoms with Gasteiger partial charge in [-0.05, 0) is 39.0 Å². The van der Waals surface area contributed by atoms with Crippen LogP contribution in [0.5, 0.6) is 0 Å². The normalized spacial score (nSPS) is 20.6. The SMILES string of the molecule is CCCC(C#N)(CCC)C(=O)N1CCCCC1C. The third kappa shape index (κ3) is 3.04. The number of amides is 1. The Labute approximate surface area is 111 Å². The Bertz CT molecular complexity index is 313. The first kappa shape index (κ1) is 15.0. The molecular weight excluding hydrogens is 224 g/mol. The zero-order valence-electron chi connectivity index (χ0n) is 12.0. The highest BCUT2D eigenvalue weighted by Crippen LogP contribution is 2.33. The van der Waals surface area contributed by atoms with Gasteiger partial charge in [-0.2, -0.15) is 5.26 Å². The summed E-state index contributed by atoms with van der Waals surface area (Å²) in [4.78, 5) is 14.7. The number of hydrogen-bond donors (Lipinski definition) is 0. The van der Waals surface area contributed by atoms with Crippen LogP contribution in [0.2, 0.25) is 0 Å². The maximum absolute atomic E-state index is 12.7. The quantitative estimate of drug-likeness (QED) is 0.749. The zero-order chi connectivity index (χ0) is 13.6. The topological polar surface area (TPSA) is 44.1 Å². The number of carbonyl (C=O) groups excluding carboxylic acids is 1. The molecule has 1 atom stereocenters. The van der Waals surface area contributed by atoms with Crippen molar-refractivity contribution in [1.82, 2.24) is 4.90 Å². The van der Waals surface area contributed by atoms with Gasteiger partial charge in [-0.15, -0.1) is 0 Å². The van der Waals surface area contributed by atoms with Crippen molar-refractivity contribution in [2.75, 3.05) is 6.54 Å². The van der Waals surface area contributed by atoms with Crippen molar-refractivity contribution < 1.29 is 4.79 Å². The van der Waals surface area contributed by atoms with E-state index in [4.69, 9.17) is 0 Å². The smallest absolute Gasteiger partial charge is 0.243 e. The number of piperidine rings is 1. The van der Waals surface area contributed by atoms with Crippen molar-refractivity contribution in [3.05, 3.63) is 0 Å². The van der Waals surface area contributed by atoms with Gasteiger partial charge in [0.15, 0.2) is 0 Å². The van der Waals surface area contributed by atoms with Gasteiger partial charge >= 0.3 is 0 Å². The minimum atomic E-state index is -0.769. The van der Waals surface area contributed by atoms with Gasteiger partial charge in [0, 0.05) is 12.6 Å². The average molecular weight is 250 g/mol. The molecule has 102 valence electrons. The molecule has 1 heterocycles. The molecule has 1 saturated heterocycles. The Morgan fingerprint density at radius 3 is 2.39 bits per heavy atom. The van der Waals surface area contributed by atoms with E-state index in [1.165, 1.54) is 6.42 Å². The monoisotopic (exact) mass is 250 g/mol. The summed E-state index contributed by atoms with van der Waals surface area (Å²) >= 11 is 0. The van der Waals surface area contributed by atoms with Gasteiger partial charge in [-0.25, -0.2) is 0 Å². The molecule has 0 spiro atoms. The van der Waals surface area contributed by atoms with Crippen molar-refractivity contribution in [3.8, 4) is 6.07 Å². The lowest BCUT2D eigenvalue weighted by Gasteiger charge is -2.38. The number of hydrogen-bond acceptors (Lipinski definition) is 2. The number of carbonyl (C=O) groups is 1. The standard InChI is InChI=1S/C15H26N2O/c1-4-9-15(12-16,10-5-2)14(18)17-11-7-6-8-13(17)3/h13H,4-11H2,1-3H3. The minimum Gasteiger partial charge on any atom is -0.339 e. The van der Waals surface area contributed by atoms with Gasteiger partial charge < -0.3 is 4.90 Å². The molecule has 18 heavy (non-hydrogen) atoms. The minimum absolute atomic E-state index is 0.0842. The molecule has 1 unspecified atom stereocenters. The van der Waals surface area contributed by atoms with E-state index in [0.29, 0.717) is 18.9 Å². The van der Waals surface area contributed by atoms with Crippen molar-refractivity contribution in [1.29, 1.82) is 5.26 Å². The largest absolute Gasteiger partial charge is 0.339 e. The van der Waals surface area contributed by atoms with Crippen LogP contribution in [0.25, 0.3) is 0 Å². The summed E-state index contributed by atoms with van der Waals surface area (Å²) in [5.41, 5.74) is -0.769. The molecule has 1 aliphatic rings. The Hall–Kier alpha value is -1.04. The predicted molar refractivity (Wildman–Crippen MR) is 72.9 cm³/mol. The van der Waals surface area contributed by atoms with E-state index in [0.717, 1.165) is 32.2 Å². The summed E-state index contributed by atoms with van der Waals surface area (Å²) < 4.78 is 0. The fourth-order valence-corrected chi connectivity index (χ4v) is 3.03. The Morgan fingerprint density at radius 1 is 1.33 bits per heavy atom. The fraction of sp³-hybridized carbons (Fsp3) is 0.867. The van der Waals surface area contributed by atoms with Crippen molar-refractivity contribution in [3.63, 3.8) is 0 Å². The van der Waals surface area contributed by atoms with Crippen LogP contribution < -0.4 is 0 Å². The summed E-state index contributed by atoms with van der Waals surface area (Å²) in [5.74, 6) is 0.0842. The third-order valence-electron chi connectivity index (χ3n) is 4.04. The van der Waals surface area contributed by atoms with Crippen molar-refractivity contribution in [2.45, 2.75) is 71.8 Å². The summed E-state index contributed by atoms with van der Waals surface area (Å²) in [6, 6.07) is 2.64. The molecule has 3 heteroatoms. The van der Waals surface area contributed by atoms with Gasteiger partial charge in [0.25, 0.3) is 0 Å².